The van der Waals surface area contributed by atoms with Gasteiger partial charge in [-0.25, -0.2) is 0 Å². The smallest absolute Gasteiger partial charge is 0.110 e. The van der Waals surface area contributed by atoms with Crippen LogP contribution < -0.4 is 0 Å². The molecule has 15 atom stereocenters. The van der Waals surface area contributed by atoms with Crippen LogP contribution in [-0.2, 0) is 28.4 Å². The standard InChI is InChI=1S/C26H48O15/c1-3-15-24(33)22(31)13(17(5-28)39-15)8-37-11-20-26(35)23(32)14(18(6-29)41-20)9-38-10-19-25(34)21(30)12(7-36-2)16(4-27)40-19/h12-35H,3-11H2,1-2H3/t12-,13-,14-,15+,16+,17+,18?,19+,20+,21?,22?,23-,24?,25?,26?/m1/s1. The fraction of sp³-hybridized carbons (Fsp3) is 1.00. The van der Waals surface area contributed by atoms with Crippen LogP contribution in [0.25, 0.3) is 0 Å². The van der Waals surface area contributed by atoms with Crippen LogP contribution in [0.4, 0.5) is 0 Å². The molecule has 0 aromatic heterocycles. The summed E-state index contributed by atoms with van der Waals surface area (Å²) in [7, 11) is 1.43. The Hall–Kier alpha value is -0.600. The Balaban J connectivity index is 1.51. The van der Waals surface area contributed by atoms with Crippen LogP contribution in [0.1, 0.15) is 13.3 Å². The van der Waals surface area contributed by atoms with Crippen molar-refractivity contribution in [1.82, 2.24) is 0 Å². The van der Waals surface area contributed by atoms with Crippen molar-refractivity contribution >= 4 is 0 Å². The number of hydrogen-bond acceptors (Lipinski definition) is 15. The van der Waals surface area contributed by atoms with E-state index in [2.05, 4.69) is 0 Å². The fourth-order valence-corrected chi connectivity index (χ4v) is 5.90. The summed E-state index contributed by atoms with van der Waals surface area (Å²) in [4.78, 5) is 0. The zero-order chi connectivity index (χ0) is 30.3. The number of aliphatic hydroxyl groups is 9. The maximum Gasteiger partial charge on any atom is 0.110 e. The molecule has 3 fully saturated rings. The Morgan fingerprint density at radius 1 is 0.463 bits per heavy atom. The van der Waals surface area contributed by atoms with Crippen molar-refractivity contribution in [1.29, 1.82) is 0 Å². The second-order valence-electron chi connectivity index (χ2n) is 11.1. The van der Waals surface area contributed by atoms with Gasteiger partial charge < -0.3 is 74.4 Å². The molecule has 6 unspecified atom stereocenters. The van der Waals surface area contributed by atoms with Crippen LogP contribution in [0.5, 0.6) is 0 Å². The number of hydrogen-bond donors (Lipinski definition) is 9. The van der Waals surface area contributed by atoms with Crippen LogP contribution >= 0.6 is 0 Å². The highest BCUT2D eigenvalue weighted by molar-refractivity contribution is 4.95. The third-order valence-electron chi connectivity index (χ3n) is 8.48. The van der Waals surface area contributed by atoms with E-state index in [1.165, 1.54) is 7.11 Å². The lowest BCUT2D eigenvalue weighted by Gasteiger charge is -2.44. The van der Waals surface area contributed by atoms with Crippen molar-refractivity contribution in [2.24, 2.45) is 17.8 Å². The van der Waals surface area contributed by atoms with Gasteiger partial charge in [0.15, 0.2) is 0 Å². The van der Waals surface area contributed by atoms with Gasteiger partial charge in [-0.2, -0.15) is 0 Å². The minimum atomic E-state index is -1.42. The van der Waals surface area contributed by atoms with E-state index in [0.29, 0.717) is 6.42 Å². The summed E-state index contributed by atoms with van der Waals surface area (Å²) in [6.45, 7) is -0.186. The maximum absolute atomic E-state index is 10.8. The van der Waals surface area contributed by atoms with Crippen LogP contribution in [0, 0.1) is 17.8 Å². The molecule has 0 aromatic rings. The summed E-state index contributed by atoms with van der Waals surface area (Å²) in [6, 6.07) is 0. The SMILES string of the molecule is CC[C@@H]1O[C@@H](CO)[C@@H](COC[C@@H]2OC(CO)[C@@H](COC[C@@H]3O[C@@H](CO)[C@@H](COC)C(O)C3O)[C@@H](O)C2O)C(O)C1O. The van der Waals surface area contributed by atoms with E-state index in [0.717, 1.165) is 0 Å². The van der Waals surface area contributed by atoms with Crippen LogP contribution in [-0.4, -0.2) is 179 Å². The fourth-order valence-electron chi connectivity index (χ4n) is 5.90. The molecule has 15 heteroatoms. The Morgan fingerprint density at radius 2 is 0.805 bits per heavy atom. The molecule has 0 aliphatic carbocycles. The first kappa shape index (κ1) is 34.9. The average Bonchev–Trinajstić information content (AvgIpc) is 2.97. The van der Waals surface area contributed by atoms with Gasteiger partial charge in [-0.15, -0.1) is 0 Å². The predicted octanol–water partition coefficient (Wildman–Crippen LogP) is -4.63. The van der Waals surface area contributed by atoms with Gasteiger partial charge in [0.2, 0.25) is 0 Å². The Kier molecular flexibility index (Phi) is 14.0. The van der Waals surface area contributed by atoms with E-state index in [1.807, 2.05) is 0 Å². The van der Waals surface area contributed by atoms with E-state index in [-0.39, 0.29) is 39.6 Å². The molecular formula is C26H48O15. The molecule has 3 heterocycles. The summed E-state index contributed by atoms with van der Waals surface area (Å²) in [5, 5.41) is 92.4. The van der Waals surface area contributed by atoms with E-state index < -0.39 is 104 Å². The average molecular weight is 601 g/mol. The molecule has 0 aromatic carbocycles. The van der Waals surface area contributed by atoms with Crippen molar-refractivity contribution in [3.63, 3.8) is 0 Å². The van der Waals surface area contributed by atoms with Gasteiger partial charge in [0.1, 0.15) is 30.5 Å². The summed E-state index contributed by atoms with van der Waals surface area (Å²) in [6.07, 6.45) is -12.4. The monoisotopic (exact) mass is 600 g/mol. The third kappa shape index (κ3) is 8.12. The largest absolute Gasteiger partial charge is 0.394 e. The summed E-state index contributed by atoms with van der Waals surface area (Å²) in [5.41, 5.74) is 0. The van der Waals surface area contributed by atoms with E-state index in [1.54, 1.807) is 6.92 Å². The minimum absolute atomic E-state index is 0.0713. The molecule has 41 heavy (non-hydrogen) atoms. The summed E-state index contributed by atoms with van der Waals surface area (Å²) in [5.74, 6) is -2.25. The molecule has 242 valence electrons. The number of rotatable bonds is 14. The molecule has 3 rings (SSSR count). The first-order valence-electron chi connectivity index (χ1n) is 14.1. The predicted molar refractivity (Wildman–Crippen MR) is 138 cm³/mol. The lowest BCUT2D eigenvalue weighted by atomic mass is 9.86. The number of methoxy groups -OCH3 is 1. The van der Waals surface area contributed by atoms with Gasteiger partial charge in [-0.1, -0.05) is 6.92 Å². The first-order valence-corrected chi connectivity index (χ1v) is 14.1. The Morgan fingerprint density at radius 3 is 1.15 bits per heavy atom. The highest BCUT2D eigenvalue weighted by Crippen LogP contribution is 2.31. The molecular weight excluding hydrogens is 552 g/mol. The van der Waals surface area contributed by atoms with E-state index >= 15 is 0 Å². The molecule has 0 radical (unpaired) electrons. The normalized spacial score (nSPS) is 45.6. The highest BCUT2D eigenvalue weighted by atomic mass is 16.6. The Bertz CT molecular complexity index is 742. The molecule has 0 saturated carbocycles. The topological polar surface area (TPSA) is 237 Å². The minimum Gasteiger partial charge on any atom is -0.394 e. The number of ether oxygens (including phenoxy) is 6. The molecule has 0 bridgehead atoms. The second-order valence-corrected chi connectivity index (χ2v) is 11.1. The molecule has 0 amide bonds. The van der Waals surface area contributed by atoms with Gasteiger partial charge in [0, 0.05) is 24.9 Å². The lowest BCUT2D eigenvalue weighted by Crippen LogP contribution is -2.59. The maximum atomic E-state index is 10.8. The highest BCUT2D eigenvalue weighted by Gasteiger charge is 2.47. The quantitative estimate of drug-likeness (QED) is 0.0911. The van der Waals surface area contributed by atoms with Crippen molar-refractivity contribution in [2.45, 2.75) is 86.6 Å². The van der Waals surface area contributed by atoms with Crippen LogP contribution in [0.2, 0.25) is 0 Å². The van der Waals surface area contributed by atoms with Crippen molar-refractivity contribution < 1.29 is 74.4 Å². The molecule has 3 saturated heterocycles. The van der Waals surface area contributed by atoms with Gasteiger partial charge >= 0.3 is 0 Å². The lowest BCUT2D eigenvalue weighted by molar-refractivity contribution is -0.247. The van der Waals surface area contributed by atoms with Gasteiger partial charge in [-0.05, 0) is 6.42 Å². The molecule has 0 spiro atoms. The van der Waals surface area contributed by atoms with E-state index in [9.17, 15) is 46.0 Å². The third-order valence-corrected chi connectivity index (χ3v) is 8.48. The van der Waals surface area contributed by atoms with Gasteiger partial charge in [0.05, 0.1) is 95.6 Å². The van der Waals surface area contributed by atoms with Crippen molar-refractivity contribution in [2.75, 3.05) is 60.0 Å². The van der Waals surface area contributed by atoms with Crippen molar-refractivity contribution in [3.8, 4) is 0 Å². The van der Waals surface area contributed by atoms with Crippen LogP contribution in [0.3, 0.4) is 0 Å². The van der Waals surface area contributed by atoms with E-state index in [4.69, 9.17) is 28.4 Å². The number of aliphatic hydroxyl groups excluding tert-OH is 9. The molecule has 3 aliphatic rings. The molecule has 15 nitrogen and oxygen atoms in total. The molecule has 9 N–H and O–H groups in total. The Labute approximate surface area is 239 Å². The van der Waals surface area contributed by atoms with Crippen LogP contribution in [0.15, 0.2) is 0 Å². The first-order chi connectivity index (χ1) is 19.6. The second kappa shape index (κ2) is 16.5. The van der Waals surface area contributed by atoms with Gasteiger partial charge in [0.25, 0.3) is 0 Å². The summed E-state index contributed by atoms with van der Waals surface area (Å²) < 4.78 is 33.5. The van der Waals surface area contributed by atoms with Crippen molar-refractivity contribution in [3.05, 3.63) is 0 Å². The molecule has 3 aliphatic heterocycles. The zero-order valence-corrected chi connectivity index (χ0v) is 23.5. The summed E-state index contributed by atoms with van der Waals surface area (Å²) >= 11 is 0. The zero-order valence-electron chi connectivity index (χ0n) is 23.5. The van der Waals surface area contributed by atoms with Gasteiger partial charge in [-0.3, -0.25) is 0 Å².